The van der Waals surface area contributed by atoms with Crippen LogP contribution >= 0.6 is 0 Å². The molecule has 2 aliphatic heterocycles. The fourth-order valence-electron chi connectivity index (χ4n) is 2.60. The van der Waals surface area contributed by atoms with Crippen LogP contribution in [0.5, 0.6) is 0 Å². The van der Waals surface area contributed by atoms with Crippen LogP contribution in [-0.2, 0) is 14.3 Å². The summed E-state index contributed by atoms with van der Waals surface area (Å²) in [5, 5.41) is 0. The van der Waals surface area contributed by atoms with Gasteiger partial charge in [0.25, 0.3) is 0 Å². The van der Waals surface area contributed by atoms with Crippen LogP contribution in [0.2, 0.25) is 0 Å². The first kappa shape index (κ1) is 13.6. The first-order valence-electron chi connectivity index (χ1n) is 7.18. The van der Waals surface area contributed by atoms with E-state index in [1.165, 1.54) is 0 Å². The molecule has 3 nitrogen and oxygen atoms in total. The molecule has 2 aliphatic rings. The molecular weight excluding hydrogens is 228 g/mol. The lowest BCUT2D eigenvalue weighted by Crippen LogP contribution is -2.16. The summed E-state index contributed by atoms with van der Waals surface area (Å²) in [6.45, 7) is 4.92. The molecule has 4 unspecified atom stereocenters. The molecule has 18 heavy (non-hydrogen) atoms. The SMILES string of the molecule is CCC(C)CCOC(=O)CCC1CC2C=CC1O2. The highest BCUT2D eigenvalue weighted by molar-refractivity contribution is 5.69. The summed E-state index contributed by atoms with van der Waals surface area (Å²) in [5.41, 5.74) is 0. The molecular formula is C15H24O3. The first-order valence-corrected chi connectivity index (χ1v) is 7.18. The highest BCUT2D eigenvalue weighted by Crippen LogP contribution is 2.36. The third-order valence-corrected chi connectivity index (χ3v) is 4.14. The Morgan fingerprint density at radius 1 is 1.50 bits per heavy atom. The Hall–Kier alpha value is -0.830. The molecule has 0 spiro atoms. The molecule has 102 valence electrons. The lowest BCUT2D eigenvalue weighted by molar-refractivity contribution is -0.144. The average Bonchev–Trinajstić information content (AvgIpc) is 2.98. The van der Waals surface area contributed by atoms with Gasteiger partial charge in [0, 0.05) is 6.42 Å². The average molecular weight is 252 g/mol. The highest BCUT2D eigenvalue weighted by atomic mass is 16.5. The first-order chi connectivity index (χ1) is 8.69. The second-order valence-electron chi connectivity index (χ2n) is 5.58. The van der Waals surface area contributed by atoms with Gasteiger partial charge in [0.1, 0.15) is 0 Å². The Morgan fingerprint density at radius 3 is 2.94 bits per heavy atom. The summed E-state index contributed by atoms with van der Waals surface area (Å²) in [7, 11) is 0. The number of hydrogen-bond donors (Lipinski definition) is 0. The summed E-state index contributed by atoms with van der Waals surface area (Å²) in [4.78, 5) is 11.6. The van der Waals surface area contributed by atoms with E-state index in [-0.39, 0.29) is 12.1 Å². The quantitative estimate of drug-likeness (QED) is 0.516. The maximum absolute atomic E-state index is 11.6. The number of fused-ring (bicyclic) bond motifs is 2. The van der Waals surface area contributed by atoms with Crippen molar-refractivity contribution in [2.75, 3.05) is 6.61 Å². The van der Waals surface area contributed by atoms with E-state index in [2.05, 4.69) is 26.0 Å². The van der Waals surface area contributed by atoms with Gasteiger partial charge in [-0.05, 0) is 31.1 Å². The van der Waals surface area contributed by atoms with Crippen molar-refractivity contribution in [1.82, 2.24) is 0 Å². The number of ether oxygens (including phenoxy) is 2. The predicted octanol–water partition coefficient (Wildman–Crippen LogP) is 3.09. The molecule has 0 aromatic heterocycles. The summed E-state index contributed by atoms with van der Waals surface area (Å²) in [6.07, 6.45) is 9.44. The summed E-state index contributed by atoms with van der Waals surface area (Å²) < 4.78 is 10.9. The standard InChI is InChI=1S/C15H24O3/c1-3-11(2)8-9-17-15(16)7-4-12-10-13-5-6-14(12)18-13/h5-6,11-14H,3-4,7-10H2,1-2H3. The Labute approximate surface area is 110 Å². The van der Waals surface area contributed by atoms with Gasteiger partial charge < -0.3 is 9.47 Å². The molecule has 1 saturated heterocycles. The minimum Gasteiger partial charge on any atom is -0.466 e. The van der Waals surface area contributed by atoms with Crippen molar-refractivity contribution < 1.29 is 14.3 Å². The van der Waals surface area contributed by atoms with Gasteiger partial charge in [-0.25, -0.2) is 0 Å². The molecule has 0 amide bonds. The lowest BCUT2D eigenvalue weighted by atomic mass is 9.90. The monoisotopic (exact) mass is 252 g/mol. The normalized spacial score (nSPS) is 30.7. The maximum atomic E-state index is 11.6. The van der Waals surface area contributed by atoms with Crippen LogP contribution in [0.4, 0.5) is 0 Å². The molecule has 3 heteroatoms. The van der Waals surface area contributed by atoms with Gasteiger partial charge in [-0.15, -0.1) is 0 Å². The van der Waals surface area contributed by atoms with Crippen LogP contribution in [0.25, 0.3) is 0 Å². The van der Waals surface area contributed by atoms with E-state index in [1.54, 1.807) is 0 Å². The van der Waals surface area contributed by atoms with E-state index >= 15 is 0 Å². The minimum atomic E-state index is -0.0509. The maximum Gasteiger partial charge on any atom is 0.305 e. The molecule has 2 rings (SSSR count). The van der Waals surface area contributed by atoms with Crippen LogP contribution in [-0.4, -0.2) is 24.8 Å². The van der Waals surface area contributed by atoms with E-state index < -0.39 is 0 Å². The molecule has 0 saturated carbocycles. The van der Waals surface area contributed by atoms with Crippen LogP contribution < -0.4 is 0 Å². The molecule has 0 N–H and O–H groups in total. The smallest absolute Gasteiger partial charge is 0.305 e. The Bertz CT molecular complexity index is 311. The second-order valence-corrected chi connectivity index (χ2v) is 5.58. The number of carbonyl (C=O) groups is 1. The summed E-state index contributed by atoms with van der Waals surface area (Å²) in [6, 6.07) is 0. The third kappa shape index (κ3) is 3.58. The van der Waals surface area contributed by atoms with Gasteiger partial charge in [-0.2, -0.15) is 0 Å². The van der Waals surface area contributed by atoms with Gasteiger partial charge in [-0.3, -0.25) is 4.79 Å². The van der Waals surface area contributed by atoms with E-state index in [9.17, 15) is 4.79 Å². The lowest BCUT2D eigenvalue weighted by Gasteiger charge is -2.15. The van der Waals surface area contributed by atoms with Crippen molar-refractivity contribution in [2.45, 2.75) is 58.2 Å². The summed E-state index contributed by atoms with van der Waals surface area (Å²) >= 11 is 0. The predicted molar refractivity (Wildman–Crippen MR) is 70.2 cm³/mol. The van der Waals surface area contributed by atoms with Crippen LogP contribution in [0.1, 0.15) is 46.0 Å². The van der Waals surface area contributed by atoms with E-state index in [1.807, 2.05) is 0 Å². The van der Waals surface area contributed by atoms with Crippen molar-refractivity contribution in [3.8, 4) is 0 Å². The summed E-state index contributed by atoms with van der Waals surface area (Å²) in [5.74, 6) is 1.11. The van der Waals surface area contributed by atoms with Crippen molar-refractivity contribution in [2.24, 2.45) is 11.8 Å². The third-order valence-electron chi connectivity index (χ3n) is 4.14. The minimum absolute atomic E-state index is 0.0509. The number of carbonyl (C=O) groups excluding carboxylic acids is 1. The fourth-order valence-corrected chi connectivity index (χ4v) is 2.60. The van der Waals surface area contributed by atoms with Crippen molar-refractivity contribution in [3.63, 3.8) is 0 Å². The second kappa shape index (κ2) is 6.37. The largest absolute Gasteiger partial charge is 0.466 e. The van der Waals surface area contributed by atoms with Crippen LogP contribution in [0, 0.1) is 11.8 Å². The molecule has 0 aromatic carbocycles. The van der Waals surface area contributed by atoms with Gasteiger partial charge >= 0.3 is 5.97 Å². The number of hydrogen-bond acceptors (Lipinski definition) is 3. The van der Waals surface area contributed by atoms with E-state index in [4.69, 9.17) is 9.47 Å². The van der Waals surface area contributed by atoms with Crippen molar-refractivity contribution in [1.29, 1.82) is 0 Å². The van der Waals surface area contributed by atoms with Crippen LogP contribution in [0.3, 0.4) is 0 Å². The van der Waals surface area contributed by atoms with Gasteiger partial charge in [0.05, 0.1) is 18.8 Å². The fraction of sp³-hybridized carbons (Fsp3) is 0.800. The van der Waals surface area contributed by atoms with Gasteiger partial charge in [0.2, 0.25) is 0 Å². The molecule has 2 heterocycles. The molecule has 4 atom stereocenters. The number of rotatable bonds is 7. The molecule has 0 radical (unpaired) electrons. The van der Waals surface area contributed by atoms with Crippen molar-refractivity contribution >= 4 is 5.97 Å². The zero-order valence-electron chi connectivity index (χ0n) is 11.4. The molecule has 0 aromatic rings. The zero-order chi connectivity index (χ0) is 13.0. The molecule has 1 fully saturated rings. The Morgan fingerprint density at radius 2 is 2.33 bits per heavy atom. The Balaban J connectivity index is 1.56. The molecule has 2 bridgehead atoms. The zero-order valence-corrected chi connectivity index (χ0v) is 11.4. The highest BCUT2D eigenvalue weighted by Gasteiger charge is 2.36. The molecule has 0 aliphatic carbocycles. The Kier molecular flexibility index (Phi) is 4.81. The van der Waals surface area contributed by atoms with Crippen molar-refractivity contribution in [3.05, 3.63) is 12.2 Å². The van der Waals surface area contributed by atoms with Crippen LogP contribution in [0.15, 0.2) is 12.2 Å². The number of esters is 1. The van der Waals surface area contributed by atoms with Gasteiger partial charge in [0.15, 0.2) is 0 Å². The van der Waals surface area contributed by atoms with E-state index in [0.29, 0.717) is 31.0 Å². The van der Waals surface area contributed by atoms with E-state index in [0.717, 1.165) is 25.7 Å². The van der Waals surface area contributed by atoms with Gasteiger partial charge in [-0.1, -0.05) is 32.4 Å². The topological polar surface area (TPSA) is 35.5 Å².